The van der Waals surface area contributed by atoms with Gasteiger partial charge in [-0.25, -0.2) is 0 Å². The predicted octanol–water partition coefficient (Wildman–Crippen LogP) is 0.776. The van der Waals surface area contributed by atoms with Crippen molar-refractivity contribution in [1.29, 1.82) is 0 Å². The molecule has 0 aliphatic rings. The number of nitrogens with one attached hydrogen (secondary N) is 1. The number of nitrogens with zero attached hydrogens (tertiary/aromatic N) is 3. The number of carbonyl (C=O) groups excluding carboxylic acids is 1. The lowest BCUT2D eigenvalue weighted by Crippen LogP contribution is -2.35. The molecule has 1 heterocycles. The summed E-state index contributed by atoms with van der Waals surface area (Å²) in [6.07, 6.45) is 0.813. The second-order valence-electron chi connectivity index (χ2n) is 3.86. The molecule has 0 saturated heterocycles. The van der Waals surface area contributed by atoms with Gasteiger partial charge in [-0.05, 0) is 13.5 Å². The van der Waals surface area contributed by atoms with Gasteiger partial charge in [-0.1, -0.05) is 16.1 Å². The molecule has 0 fully saturated rings. The van der Waals surface area contributed by atoms with E-state index in [0.29, 0.717) is 36.3 Å². The molecule has 8 heteroatoms. The van der Waals surface area contributed by atoms with Gasteiger partial charge in [0.2, 0.25) is 5.91 Å². The third-order valence-corrected chi connectivity index (χ3v) is 3.17. The quantitative estimate of drug-likeness (QED) is 0.717. The van der Waals surface area contributed by atoms with Crippen LogP contribution in [0.4, 0.5) is 0 Å². The smallest absolute Gasteiger partial charge is 0.234 e. The summed E-state index contributed by atoms with van der Waals surface area (Å²) in [6.45, 7) is 2.09. The fourth-order valence-electron chi connectivity index (χ4n) is 1.35. The molecular formula is C10H17ClN4O2S. The van der Waals surface area contributed by atoms with Crippen LogP contribution < -0.4 is 5.32 Å². The number of likely N-dealkylation sites (N-methyl/N-ethyl adjacent to an activating group) is 1. The van der Waals surface area contributed by atoms with E-state index >= 15 is 0 Å². The van der Waals surface area contributed by atoms with E-state index in [0.717, 1.165) is 18.0 Å². The van der Waals surface area contributed by atoms with Crippen LogP contribution in [0.3, 0.4) is 0 Å². The first kappa shape index (κ1) is 15.3. The number of halogens is 1. The minimum absolute atomic E-state index is 0.0204. The summed E-state index contributed by atoms with van der Waals surface area (Å²) in [5, 5.41) is 6.71. The molecule has 0 bridgehead atoms. The highest BCUT2D eigenvalue weighted by molar-refractivity contribution is 7.10. The largest absolute Gasteiger partial charge is 0.385 e. The van der Waals surface area contributed by atoms with E-state index in [1.54, 1.807) is 7.11 Å². The van der Waals surface area contributed by atoms with Gasteiger partial charge in [-0.15, -0.1) is 5.10 Å². The zero-order valence-electron chi connectivity index (χ0n) is 10.5. The van der Waals surface area contributed by atoms with Crippen molar-refractivity contribution < 1.29 is 9.53 Å². The van der Waals surface area contributed by atoms with Crippen LogP contribution in [0.25, 0.3) is 0 Å². The highest BCUT2D eigenvalue weighted by atomic mass is 35.5. The van der Waals surface area contributed by atoms with E-state index in [1.165, 1.54) is 0 Å². The molecule has 1 aromatic heterocycles. The summed E-state index contributed by atoms with van der Waals surface area (Å²) in [7, 11) is 3.48. The van der Waals surface area contributed by atoms with Gasteiger partial charge in [0.05, 0.1) is 6.54 Å². The maximum Gasteiger partial charge on any atom is 0.234 e. The molecule has 1 N–H and O–H groups in total. The Hall–Kier alpha value is -0.760. The van der Waals surface area contributed by atoms with Crippen LogP contribution in [0, 0.1) is 0 Å². The van der Waals surface area contributed by atoms with Crippen molar-refractivity contribution in [3.8, 4) is 0 Å². The van der Waals surface area contributed by atoms with E-state index in [-0.39, 0.29) is 5.91 Å². The van der Waals surface area contributed by atoms with Gasteiger partial charge in [0.15, 0.2) is 0 Å². The molecule has 0 radical (unpaired) electrons. The third-order valence-electron chi connectivity index (χ3n) is 2.19. The lowest BCUT2D eigenvalue weighted by molar-refractivity contribution is -0.122. The van der Waals surface area contributed by atoms with E-state index in [1.807, 2.05) is 11.9 Å². The summed E-state index contributed by atoms with van der Waals surface area (Å²) < 4.78 is 9.21. The lowest BCUT2D eigenvalue weighted by Gasteiger charge is -2.14. The molecule has 1 amide bonds. The van der Waals surface area contributed by atoms with Crippen LogP contribution in [-0.2, 0) is 16.1 Å². The van der Waals surface area contributed by atoms with Crippen molar-refractivity contribution >= 4 is 29.0 Å². The lowest BCUT2D eigenvalue weighted by atomic mass is 10.4. The topological polar surface area (TPSA) is 67.3 Å². The Bertz CT molecular complexity index is 375. The van der Waals surface area contributed by atoms with Crippen LogP contribution in [0.1, 0.15) is 12.1 Å². The number of rotatable bonds is 8. The SMILES string of the molecule is COCCCNC(=O)CN(C)Cc1nnsc1Cl. The number of aromatic nitrogens is 2. The highest BCUT2D eigenvalue weighted by Gasteiger charge is 2.11. The number of amides is 1. The van der Waals surface area contributed by atoms with Gasteiger partial charge in [0.1, 0.15) is 10.0 Å². The molecule has 18 heavy (non-hydrogen) atoms. The molecule has 0 spiro atoms. The number of carbonyl (C=O) groups is 1. The van der Waals surface area contributed by atoms with Crippen LogP contribution in [-0.4, -0.2) is 54.2 Å². The Kier molecular flexibility index (Phi) is 7.11. The Labute approximate surface area is 115 Å². The molecule has 102 valence electrons. The fraction of sp³-hybridized carbons (Fsp3) is 0.700. The van der Waals surface area contributed by atoms with Crippen molar-refractivity contribution in [2.45, 2.75) is 13.0 Å². The van der Waals surface area contributed by atoms with Gasteiger partial charge in [-0.2, -0.15) is 0 Å². The molecule has 0 unspecified atom stereocenters. The molecule has 0 atom stereocenters. The summed E-state index contributed by atoms with van der Waals surface area (Å²) >= 11 is 7.04. The normalized spacial score (nSPS) is 10.9. The minimum atomic E-state index is -0.0204. The second-order valence-corrected chi connectivity index (χ2v) is 5.22. The molecule has 6 nitrogen and oxygen atoms in total. The maximum atomic E-state index is 11.6. The minimum Gasteiger partial charge on any atom is -0.385 e. The average molecular weight is 293 g/mol. The highest BCUT2D eigenvalue weighted by Crippen LogP contribution is 2.18. The van der Waals surface area contributed by atoms with E-state index < -0.39 is 0 Å². The first-order chi connectivity index (χ1) is 8.63. The Morgan fingerprint density at radius 2 is 2.39 bits per heavy atom. The molecule has 1 aromatic rings. The third kappa shape index (κ3) is 5.72. The van der Waals surface area contributed by atoms with E-state index in [9.17, 15) is 4.79 Å². The summed E-state index contributed by atoms with van der Waals surface area (Å²) in [4.78, 5) is 13.4. The van der Waals surface area contributed by atoms with E-state index in [2.05, 4.69) is 14.9 Å². The molecule has 0 saturated carbocycles. The number of hydrogen-bond donors (Lipinski definition) is 1. The molecule has 0 aliphatic heterocycles. The summed E-state index contributed by atoms with van der Waals surface area (Å²) in [5.74, 6) is -0.0204. The molecule has 1 rings (SSSR count). The monoisotopic (exact) mass is 292 g/mol. The Morgan fingerprint density at radius 1 is 1.61 bits per heavy atom. The summed E-state index contributed by atoms with van der Waals surface area (Å²) in [6, 6.07) is 0. The summed E-state index contributed by atoms with van der Waals surface area (Å²) in [5.41, 5.74) is 0.705. The molecule has 0 aliphatic carbocycles. The van der Waals surface area contributed by atoms with Crippen molar-refractivity contribution in [2.75, 3.05) is 33.9 Å². The zero-order valence-corrected chi connectivity index (χ0v) is 12.1. The standard InChI is InChI=1S/C10H17ClN4O2S/c1-15(6-8-10(11)18-14-13-8)7-9(16)12-4-3-5-17-2/h3-7H2,1-2H3,(H,12,16). The predicted molar refractivity (Wildman–Crippen MR) is 70.8 cm³/mol. The molecule has 0 aromatic carbocycles. The van der Waals surface area contributed by atoms with Gasteiger partial charge in [0.25, 0.3) is 0 Å². The van der Waals surface area contributed by atoms with Gasteiger partial charge in [-0.3, -0.25) is 9.69 Å². The zero-order chi connectivity index (χ0) is 13.4. The van der Waals surface area contributed by atoms with Crippen LogP contribution in [0.2, 0.25) is 4.34 Å². The van der Waals surface area contributed by atoms with Gasteiger partial charge in [0, 0.05) is 38.3 Å². The second kappa shape index (κ2) is 8.36. The maximum absolute atomic E-state index is 11.6. The van der Waals surface area contributed by atoms with Crippen molar-refractivity contribution in [3.63, 3.8) is 0 Å². The number of methoxy groups -OCH3 is 1. The Balaban J connectivity index is 2.21. The Morgan fingerprint density at radius 3 is 3.00 bits per heavy atom. The fourth-order valence-corrected chi connectivity index (χ4v) is 1.96. The van der Waals surface area contributed by atoms with Gasteiger partial charge >= 0.3 is 0 Å². The number of ether oxygens (including phenoxy) is 1. The first-order valence-corrected chi connectivity index (χ1v) is 6.69. The van der Waals surface area contributed by atoms with Gasteiger partial charge < -0.3 is 10.1 Å². The van der Waals surface area contributed by atoms with Crippen LogP contribution in [0.15, 0.2) is 0 Å². The van der Waals surface area contributed by atoms with Crippen molar-refractivity contribution in [1.82, 2.24) is 19.8 Å². The molecular weight excluding hydrogens is 276 g/mol. The van der Waals surface area contributed by atoms with Crippen molar-refractivity contribution in [2.24, 2.45) is 0 Å². The van der Waals surface area contributed by atoms with Crippen LogP contribution >= 0.6 is 23.1 Å². The van der Waals surface area contributed by atoms with Crippen molar-refractivity contribution in [3.05, 3.63) is 10.0 Å². The average Bonchev–Trinajstić information content (AvgIpc) is 2.70. The number of hydrogen-bond acceptors (Lipinski definition) is 6. The first-order valence-electron chi connectivity index (χ1n) is 5.54. The van der Waals surface area contributed by atoms with E-state index in [4.69, 9.17) is 16.3 Å². The van der Waals surface area contributed by atoms with Crippen LogP contribution in [0.5, 0.6) is 0 Å².